The van der Waals surface area contributed by atoms with Crippen molar-refractivity contribution in [2.45, 2.75) is 38.3 Å². The van der Waals surface area contributed by atoms with E-state index in [4.69, 9.17) is 19.2 Å². The summed E-state index contributed by atoms with van der Waals surface area (Å²) in [5.41, 5.74) is 3.47. The highest BCUT2D eigenvalue weighted by Crippen LogP contribution is 2.40. The zero-order valence-electron chi connectivity index (χ0n) is 16.8. The number of rotatable bonds is 6. The van der Waals surface area contributed by atoms with Gasteiger partial charge in [0.05, 0.1) is 18.9 Å². The molecule has 4 rings (SSSR count). The molecule has 0 unspecified atom stereocenters. The topological polar surface area (TPSA) is 56.7 Å². The molecule has 0 saturated carbocycles. The molecule has 28 heavy (non-hydrogen) atoms. The minimum Gasteiger partial charge on any atom is -0.491 e. The predicted molar refractivity (Wildman–Crippen MR) is 106 cm³/mol. The van der Waals surface area contributed by atoms with Gasteiger partial charge in [0.2, 0.25) is 0 Å². The van der Waals surface area contributed by atoms with E-state index in [1.165, 1.54) is 11.1 Å². The number of nitrogens with zero attached hydrogens (tertiary/aromatic N) is 3. The number of piperidine rings is 1. The summed E-state index contributed by atoms with van der Waals surface area (Å²) in [4.78, 5) is 11.6. The minimum atomic E-state index is -0.225. The summed E-state index contributed by atoms with van der Waals surface area (Å²) in [6, 6.07) is 8.37. The average Bonchev–Trinajstić information content (AvgIpc) is 2.72. The smallest absolute Gasteiger partial charge is 0.125 e. The number of benzene rings is 1. The van der Waals surface area contributed by atoms with Crippen LogP contribution in [0.3, 0.4) is 0 Å². The first kappa shape index (κ1) is 19.3. The van der Waals surface area contributed by atoms with Crippen LogP contribution in [-0.4, -0.2) is 54.9 Å². The largest absolute Gasteiger partial charge is 0.491 e. The van der Waals surface area contributed by atoms with Gasteiger partial charge in [-0.05, 0) is 49.4 Å². The van der Waals surface area contributed by atoms with E-state index >= 15 is 0 Å². The molecule has 1 saturated heterocycles. The lowest BCUT2D eigenvalue weighted by Gasteiger charge is -2.44. The van der Waals surface area contributed by atoms with Crippen LogP contribution in [0.25, 0.3) is 0 Å². The Bertz CT molecular complexity index is 786. The quantitative estimate of drug-likeness (QED) is 0.715. The van der Waals surface area contributed by atoms with E-state index in [0.717, 1.165) is 62.8 Å². The Hall–Kier alpha value is -2.02. The highest BCUT2D eigenvalue weighted by molar-refractivity contribution is 5.29. The second-order valence-electron chi connectivity index (χ2n) is 7.65. The second-order valence-corrected chi connectivity index (χ2v) is 7.65. The first-order chi connectivity index (χ1) is 13.7. The van der Waals surface area contributed by atoms with Gasteiger partial charge in [-0.2, -0.15) is 0 Å². The Kier molecular flexibility index (Phi) is 5.90. The average molecular weight is 383 g/mol. The third-order valence-corrected chi connectivity index (χ3v) is 5.72. The molecule has 0 amide bonds. The molecule has 1 aromatic carbocycles. The van der Waals surface area contributed by atoms with Crippen molar-refractivity contribution in [3.05, 3.63) is 53.1 Å². The fourth-order valence-corrected chi connectivity index (χ4v) is 4.14. The van der Waals surface area contributed by atoms with Crippen molar-refractivity contribution in [3.63, 3.8) is 0 Å². The van der Waals surface area contributed by atoms with Crippen LogP contribution in [0.15, 0.2) is 30.5 Å². The molecular weight excluding hydrogens is 354 g/mol. The Morgan fingerprint density at radius 3 is 2.68 bits per heavy atom. The van der Waals surface area contributed by atoms with Crippen LogP contribution in [-0.2, 0) is 28.0 Å². The molecule has 0 aliphatic carbocycles. The third-order valence-electron chi connectivity index (χ3n) is 5.72. The standard InChI is InChI=1S/C22H29N3O3/c1-17-23-15-19-7-12-28-22(21(19)24-17)8-10-25(11-9-22)16-18-3-5-20(6-4-18)27-14-13-26-2/h3-6,15H,7-14,16H2,1-2H3. The number of aromatic nitrogens is 2. The highest BCUT2D eigenvalue weighted by Gasteiger charge is 2.42. The molecule has 6 nitrogen and oxygen atoms in total. The molecule has 1 fully saturated rings. The molecule has 2 aliphatic heterocycles. The van der Waals surface area contributed by atoms with Crippen LogP contribution in [0.1, 0.15) is 35.5 Å². The molecule has 0 N–H and O–H groups in total. The van der Waals surface area contributed by atoms with Gasteiger partial charge in [0.25, 0.3) is 0 Å². The maximum atomic E-state index is 6.31. The molecule has 150 valence electrons. The third kappa shape index (κ3) is 4.19. The summed E-state index contributed by atoms with van der Waals surface area (Å²) in [5.74, 6) is 1.72. The summed E-state index contributed by atoms with van der Waals surface area (Å²) in [6.07, 6.45) is 4.87. The zero-order valence-corrected chi connectivity index (χ0v) is 16.8. The van der Waals surface area contributed by atoms with Gasteiger partial charge in [0.1, 0.15) is 23.8 Å². The predicted octanol–water partition coefficient (Wildman–Crippen LogP) is 2.87. The number of likely N-dealkylation sites (tertiary alicyclic amines) is 1. The SMILES string of the molecule is COCCOc1ccc(CN2CCC3(CC2)OCCc2cnc(C)nc23)cc1. The van der Waals surface area contributed by atoms with Gasteiger partial charge in [-0.3, -0.25) is 4.90 Å². The molecule has 1 spiro atoms. The summed E-state index contributed by atoms with van der Waals surface area (Å²) < 4.78 is 17.0. The van der Waals surface area contributed by atoms with Gasteiger partial charge in [-0.1, -0.05) is 12.1 Å². The maximum Gasteiger partial charge on any atom is 0.125 e. The van der Waals surface area contributed by atoms with Crippen LogP contribution in [0.5, 0.6) is 5.75 Å². The molecule has 6 heteroatoms. The number of ether oxygens (including phenoxy) is 3. The maximum absolute atomic E-state index is 6.31. The van der Waals surface area contributed by atoms with Gasteiger partial charge in [-0.15, -0.1) is 0 Å². The van der Waals surface area contributed by atoms with Crippen LogP contribution in [0, 0.1) is 6.92 Å². The van der Waals surface area contributed by atoms with Gasteiger partial charge in [0, 0.05) is 32.9 Å². The Morgan fingerprint density at radius 1 is 1.14 bits per heavy atom. The molecule has 0 bridgehead atoms. The van der Waals surface area contributed by atoms with E-state index in [1.807, 2.05) is 25.3 Å². The van der Waals surface area contributed by atoms with Crippen LogP contribution in [0.2, 0.25) is 0 Å². The molecule has 2 aliphatic rings. The molecule has 3 heterocycles. The zero-order chi connectivity index (χ0) is 19.4. The van der Waals surface area contributed by atoms with E-state index in [1.54, 1.807) is 7.11 Å². The number of hydrogen-bond acceptors (Lipinski definition) is 6. The number of fused-ring (bicyclic) bond motifs is 2. The van der Waals surface area contributed by atoms with Gasteiger partial charge in [-0.25, -0.2) is 9.97 Å². The van der Waals surface area contributed by atoms with Gasteiger partial charge in [0.15, 0.2) is 0 Å². The molecule has 1 aromatic heterocycles. The normalized spacial score (nSPS) is 18.8. The fraction of sp³-hybridized carbons (Fsp3) is 0.545. The summed E-state index contributed by atoms with van der Waals surface area (Å²) >= 11 is 0. The molecule has 0 radical (unpaired) electrons. The van der Waals surface area contributed by atoms with Gasteiger partial charge >= 0.3 is 0 Å². The Labute approximate surface area is 166 Å². The van der Waals surface area contributed by atoms with Crippen molar-refractivity contribution >= 4 is 0 Å². The van der Waals surface area contributed by atoms with Crippen molar-refractivity contribution in [1.29, 1.82) is 0 Å². The van der Waals surface area contributed by atoms with E-state index in [0.29, 0.717) is 13.2 Å². The van der Waals surface area contributed by atoms with Crippen molar-refractivity contribution in [2.75, 3.05) is 40.0 Å². The lowest BCUT2D eigenvalue weighted by Crippen LogP contribution is -2.47. The van der Waals surface area contributed by atoms with Crippen LogP contribution >= 0.6 is 0 Å². The summed E-state index contributed by atoms with van der Waals surface area (Å²) in [7, 11) is 1.68. The highest BCUT2D eigenvalue weighted by atomic mass is 16.5. The van der Waals surface area contributed by atoms with Crippen molar-refractivity contribution in [3.8, 4) is 5.75 Å². The summed E-state index contributed by atoms with van der Waals surface area (Å²) in [6.45, 7) is 6.87. The van der Waals surface area contributed by atoms with E-state index in [2.05, 4.69) is 22.0 Å². The first-order valence-electron chi connectivity index (χ1n) is 10.1. The Morgan fingerprint density at radius 2 is 1.93 bits per heavy atom. The minimum absolute atomic E-state index is 0.225. The van der Waals surface area contributed by atoms with Gasteiger partial charge < -0.3 is 14.2 Å². The van der Waals surface area contributed by atoms with Crippen molar-refractivity contribution < 1.29 is 14.2 Å². The first-order valence-corrected chi connectivity index (χ1v) is 10.1. The molecule has 2 aromatic rings. The van der Waals surface area contributed by atoms with Crippen molar-refractivity contribution in [2.24, 2.45) is 0 Å². The lowest BCUT2D eigenvalue weighted by molar-refractivity contribution is -0.102. The second kappa shape index (κ2) is 8.55. The monoisotopic (exact) mass is 383 g/mol. The van der Waals surface area contributed by atoms with E-state index in [9.17, 15) is 0 Å². The van der Waals surface area contributed by atoms with E-state index < -0.39 is 0 Å². The number of methoxy groups -OCH3 is 1. The van der Waals surface area contributed by atoms with Crippen molar-refractivity contribution in [1.82, 2.24) is 14.9 Å². The molecular formula is C22H29N3O3. The van der Waals surface area contributed by atoms with E-state index in [-0.39, 0.29) is 5.60 Å². The lowest BCUT2D eigenvalue weighted by atomic mass is 9.83. The van der Waals surface area contributed by atoms with Crippen LogP contribution < -0.4 is 4.74 Å². The number of aryl methyl sites for hydroxylation is 1. The summed E-state index contributed by atoms with van der Waals surface area (Å²) in [5, 5.41) is 0. The van der Waals surface area contributed by atoms with Crippen LogP contribution in [0.4, 0.5) is 0 Å². The fourth-order valence-electron chi connectivity index (χ4n) is 4.14. The molecule has 0 atom stereocenters. The number of hydrogen-bond donors (Lipinski definition) is 0. The Balaban J connectivity index is 1.36.